The lowest BCUT2D eigenvalue weighted by Crippen LogP contribution is -2.16. The molecule has 0 spiro atoms. The lowest BCUT2D eigenvalue weighted by molar-refractivity contribution is 0.603. The second kappa shape index (κ2) is 6.74. The quantitative estimate of drug-likeness (QED) is 0.618. The molecule has 74 valence electrons. The van der Waals surface area contributed by atoms with Crippen molar-refractivity contribution in [3.8, 4) is 0 Å². The molecule has 0 fully saturated rings. The summed E-state index contributed by atoms with van der Waals surface area (Å²) in [5.41, 5.74) is 0. The van der Waals surface area contributed by atoms with E-state index < -0.39 is 9.84 Å². The maximum Gasteiger partial charge on any atom is 0.148 e. The monoisotopic (exact) mass is 211 g/mol. The van der Waals surface area contributed by atoms with Crippen molar-refractivity contribution in [2.24, 2.45) is 0 Å². The van der Waals surface area contributed by atoms with Crippen LogP contribution in [0.3, 0.4) is 0 Å². The van der Waals surface area contributed by atoms with Gasteiger partial charge in [-0.15, -0.1) is 0 Å². The molecule has 12 heavy (non-hydrogen) atoms. The predicted octanol–water partition coefficient (Wildman–Crippen LogP) is 0.374. The van der Waals surface area contributed by atoms with Crippen molar-refractivity contribution in [2.45, 2.75) is 6.92 Å². The zero-order valence-corrected chi connectivity index (χ0v) is 9.30. The van der Waals surface area contributed by atoms with Crippen LogP contribution >= 0.6 is 11.8 Å². The Bertz CT molecular complexity index is 190. The smallest absolute Gasteiger partial charge is 0.148 e. The molecular formula is C7H17NO2S2. The molecule has 0 aliphatic heterocycles. The fraction of sp³-hybridized carbons (Fsp3) is 1.00. The summed E-state index contributed by atoms with van der Waals surface area (Å²) in [6.45, 7) is 4.00. The third kappa shape index (κ3) is 10.3. The minimum Gasteiger partial charge on any atom is -0.316 e. The first kappa shape index (κ1) is 12.3. The maximum absolute atomic E-state index is 10.7. The van der Waals surface area contributed by atoms with Gasteiger partial charge in [0.15, 0.2) is 0 Å². The zero-order chi connectivity index (χ0) is 9.45. The topological polar surface area (TPSA) is 46.2 Å². The number of nitrogens with one attached hydrogen (secondary N) is 1. The Labute approximate surface area is 79.2 Å². The van der Waals surface area contributed by atoms with Gasteiger partial charge in [0.05, 0.1) is 5.75 Å². The van der Waals surface area contributed by atoms with Gasteiger partial charge in [-0.05, 0) is 6.54 Å². The third-order valence-corrected chi connectivity index (χ3v) is 3.46. The van der Waals surface area contributed by atoms with Gasteiger partial charge in [0.1, 0.15) is 9.84 Å². The summed E-state index contributed by atoms with van der Waals surface area (Å²) in [7, 11) is -2.76. The Morgan fingerprint density at radius 1 is 1.33 bits per heavy atom. The van der Waals surface area contributed by atoms with Crippen molar-refractivity contribution < 1.29 is 8.42 Å². The minimum atomic E-state index is -2.76. The van der Waals surface area contributed by atoms with E-state index in [1.807, 2.05) is 0 Å². The van der Waals surface area contributed by atoms with Crippen molar-refractivity contribution >= 4 is 21.6 Å². The molecule has 0 aromatic heterocycles. The van der Waals surface area contributed by atoms with Crippen LogP contribution in [-0.4, -0.2) is 45.0 Å². The van der Waals surface area contributed by atoms with Crippen LogP contribution in [0.1, 0.15) is 6.92 Å². The van der Waals surface area contributed by atoms with Gasteiger partial charge < -0.3 is 5.32 Å². The first-order valence-corrected chi connectivity index (χ1v) is 7.24. The standard InChI is InChI=1S/C7H17NO2S2/c1-3-8-4-5-11-6-7-12(2,9)10/h8H,3-7H2,1-2H3. The highest BCUT2D eigenvalue weighted by atomic mass is 32.2. The van der Waals surface area contributed by atoms with E-state index in [4.69, 9.17) is 0 Å². The summed E-state index contributed by atoms with van der Waals surface area (Å²) < 4.78 is 21.4. The highest BCUT2D eigenvalue weighted by molar-refractivity contribution is 8.00. The minimum absolute atomic E-state index is 0.295. The summed E-state index contributed by atoms with van der Waals surface area (Å²) in [5.74, 6) is 2.00. The summed E-state index contributed by atoms with van der Waals surface area (Å²) in [6.07, 6.45) is 1.28. The van der Waals surface area contributed by atoms with Crippen LogP contribution in [0.2, 0.25) is 0 Å². The van der Waals surface area contributed by atoms with Crippen molar-refractivity contribution in [3.63, 3.8) is 0 Å². The van der Waals surface area contributed by atoms with Gasteiger partial charge in [-0.3, -0.25) is 0 Å². The lowest BCUT2D eigenvalue weighted by atomic mass is 10.7. The second-order valence-corrected chi connectivity index (χ2v) is 6.08. The molecule has 1 N–H and O–H groups in total. The van der Waals surface area contributed by atoms with Gasteiger partial charge in [0.2, 0.25) is 0 Å². The first-order chi connectivity index (χ1) is 5.56. The third-order valence-electron chi connectivity index (χ3n) is 1.27. The van der Waals surface area contributed by atoms with E-state index in [9.17, 15) is 8.42 Å². The Morgan fingerprint density at radius 3 is 2.50 bits per heavy atom. The molecule has 0 rings (SSSR count). The molecule has 0 saturated carbocycles. The number of hydrogen-bond acceptors (Lipinski definition) is 4. The number of rotatable bonds is 7. The van der Waals surface area contributed by atoms with Crippen LogP contribution in [-0.2, 0) is 9.84 Å². The molecule has 5 heteroatoms. The van der Waals surface area contributed by atoms with Gasteiger partial charge in [-0.1, -0.05) is 6.92 Å². The molecule has 0 radical (unpaired) electrons. The number of sulfone groups is 1. The van der Waals surface area contributed by atoms with Gasteiger partial charge in [-0.2, -0.15) is 11.8 Å². The Kier molecular flexibility index (Phi) is 6.89. The molecule has 0 heterocycles. The van der Waals surface area contributed by atoms with E-state index in [2.05, 4.69) is 12.2 Å². The van der Waals surface area contributed by atoms with E-state index in [0.717, 1.165) is 18.8 Å². The van der Waals surface area contributed by atoms with E-state index in [0.29, 0.717) is 11.5 Å². The molecule has 0 amide bonds. The number of thioether (sulfide) groups is 1. The fourth-order valence-corrected chi connectivity index (χ4v) is 2.81. The first-order valence-electron chi connectivity index (χ1n) is 4.02. The lowest BCUT2D eigenvalue weighted by Gasteiger charge is -2.00. The zero-order valence-electron chi connectivity index (χ0n) is 7.67. The normalized spacial score (nSPS) is 11.8. The highest BCUT2D eigenvalue weighted by Gasteiger charge is 2.00. The molecule has 0 bridgehead atoms. The summed E-state index contributed by atoms with van der Waals surface area (Å²) in [5, 5.41) is 3.18. The average molecular weight is 211 g/mol. The van der Waals surface area contributed by atoms with Crippen LogP contribution in [0.25, 0.3) is 0 Å². The summed E-state index contributed by atoms with van der Waals surface area (Å²) in [4.78, 5) is 0. The van der Waals surface area contributed by atoms with Crippen molar-refractivity contribution in [3.05, 3.63) is 0 Å². The molecular weight excluding hydrogens is 194 g/mol. The van der Waals surface area contributed by atoms with E-state index in [-0.39, 0.29) is 0 Å². The van der Waals surface area contributed by atoms with Crippen LogP contribution in [0.5, 0.6) is 0 Å². The molecule has 0 unspecified atom stereocenters. The Morgan fingerprint density at radius 2 is 2.00 bits per heavy atom. The Balaban J connectivity index is 3.12. The fourth-order valence-electron chi connectivity index (χ4n) is 0.633. The molecule has 0 aliphatic rings. The summed E-state index contributed by atoms with van der Waals surface area (Å²) in [6, 6.07) is 0. The number of hydrogen-bond donors (Lipinski definition) is 1. The maximum atomic E-state index is 10.7. The molecule has 0 aromatic rings. The Hall–Kier alpha value is 0.260. The second-order valence-electron chi connectivity index (χ2n) is 2.60. The SMILES string of the molecule is CCNCCSCCS(C)(=O)=O. The summed E-state index contributed by atoms with van der Waals surface area (Å²) >= 11 is 1.68. The molecule has 0 aliphatic carbocycles. The van der Waals surface area contributed by atoms with Crippen LogP contribution in [0, 0.1) is 0 Å². The largest absolute Gasteiger partial charge is 0.316 e. The molecule has 3 nitrogen and oxygen atoms in total. The van der Waals surface area contributed by atoms with Gasteiger partial charge in [0, 0.05) is 24.3 Å². The van der Waals surface area contributed by atoms with Gasteiger partial charge >= 0.3 is 0 Å². The van der Waals surface area contributed by atoms with E-state index in [1.54, 1.807) is 11.8 Å². The highest BCUT2D eigenvalue weighted by Crippen LogP contribution is 1.99. The van der Waals surface area contributed by atoms with Crippen LogP contribution < -0.4 is 5.32 Å². The van der Waals surface area contributed by atoms with E-state index >= 15 is 0 Å². The van der Waals surface area contributed by atoms with Crippen LogP contribution in [0.4, 0.5) is 0 Å². The molecule has 0 saturated heterocycles. The van der Waals surface area contributed by atoms with Gasteiger partial charge in [0.25, 0.3) is 0 Å². The average Bonchev–Trinajstić information content (AvgIpc) is 1.94. The van der Waals surface area contributed by atoms with Gasteiger partial charge in [-0.25, -0.2) is 8.42 Å². The molecule has 0 atom stereocenters. The van der Waals surface area contributed by atoms with E-state index in [1.165, 1.54) is 6.26 Å². The van der Waals surface area contributed by atoms with Crippen molar-refractivity contribution in [1.82, 2.24) is 5.32 Å². The van der Waals surface area contributed by atoms with Crippen LogP contribution in [0.15, 0.2) is 0 Å². The predicted molar refractivity (Wildman–Crippen MR) is 55.6 cm³/mol. The van der Waals surface area contributed by atoms with Crippen molar-refractivity contribution in [2.75, 3.05) is 36.6 Å². The molecule has 0 aromatic carbocycles. The van der Waals surface area contributed by atoms with Crippen molar-refractivity contribution in [1.29, 1.82) is 0 Å².